The molecule has 2 heterocycles. The molecule has 0 unspecified atom stereocenters. The van der Waals surface area contributed by atoms with E-state index < -0.39 is 24.5 Å². The lowest BCUT2D eigenvalue weighted by atomic mass is 10.1. The molecule has 1 atom stereocenters. The van der Waals surface area contributed by atoms with Gasteiger partial charge in [0.2, 0.25) is 0 Å². The molecule has 0 aliphatic rings. The Hall–Kier alpha value is -3.72. The van der Waals surface area contributed by atoms with E-state index in [0.29, 0.717) is 11.1 Å². The van der Waals surface area contributed by atoms with Crippen LogP contribution >= 0.6 is 0 Å². The number of carboxylic acids is 1. The van der Waals surface area contributed by atoms with Gasteiger partial charge in [0.05, 0.1) is 18.4 Å². The zero-order valence-corrected chi connectivity index (χ0v) is 14.0. The third-order valence-electron chi connectivity index (χ3n) is 3.76. The molecular weight excluding hydrogens is 352 g/mol. The number of aromatic nitrogens is 3. The Morgan fingerprint density at radius 1 is 1.15 bits per heavy atom. The van der Waals surface area contributed by atoms with Crippen molar-refractivity contribution in [2.45, 2.75) is 6.10 Å². The van der Waals surface area contributed by atoms with Crippen LogP contribution in [0.25, 0.3) is 16.8 Å². The Labute approximate surface area is 153 Å². The molecule has 1 aromatic carbocycles. The SMILES string of the molecule is O=C(NC[C@H](O)C(=O)O)c1ncc(-c2cnn(-c3ccccc3)c2)cc1O. The Kier molecular flexibility index (Phi) is 5.13. The number of amides is 1. The van der Waals surface area contributed by atoms with Crippen LogP contribution in [0.1, 0.15) is 10.5 Å². The van der Waals surface area contributed by atoms with E-state index in [1.165, 1.54) is 12.3 Å². The zero-order valence-electron chi connectivity index (χ0n) is 14.0. The highest BCUT2D eigenvalue weighted by atomic mass is 16.4. The van der Waals surface area contributed by atoms with Crippen LogP contribution < -0.4 is 5.32 Å². The molecule has 0 aliphatic heterocycles. The number of carbonyl (C=O) groups excluding carboxylic acids is 1. The van der Waals surface area contributed by atoms with Crippen molar-refractivity contribution in [3.63, 3.8) is 0 Å². The van der Waals surface area contributed by atoms with Gasteiger partial charge in [0.1, 0.15) is 5.75 Å². The van der Waals surface area contributed by atoms with E-state index in [1.807, 2.05) is 30.3 Å². The lowest BCUT2D eigenvalue weighted by molar-refractivity contribution is -0.146. The number of rotatable bonds is 6. The van der Waals surface area contributed by atoms with Crippen molar-refractivity contribution in [3.8, 4) is 22.6 Å². The molecule has 0 spiro atoms. The molecule has 3 rings (SSSR count). The monoisotopic (exact) mass is 368 g/mol. The first kappa shape index (κ1) is 18.1. The number of aliphatic hydroxyl groups is 1. The van der Waals surface area contributed by atoms with Crippen molar-refractivity contribution < 1.29 is 24.9 Å². The molecule has 0 saturated heterocycles. The maximum Gasteiger partial charge on any atom is 0.334 e. The topological polar surface area (TPSA) is 138 Å². The molecule has 4 N–H and O–H groups in total. The van der Waals surface area contributed by atoms with Crippen molar-refractivity contribution in [1.82, 2.24) is 20.1 Å². The number of aliphatic carboxylic acids is 1. The van der Waals surface area contributed by atoms with Gasteiger partial charge in [0.25, 0.3) is 5.91 Å². The highest BCUT2D eigenvalue weighted by Gasteiger charge is 2.18. The van der Waals surface area contributed by atoms with Gasteiger partial charge in [-0.3, -0.25) is 4.79 Å². The van der Waals surface area contributed by atoms with E-state index in [0.717, 1.165) is 5.69 Å². The average molecular weight is 368 g/mol. The van der Waals surface area contributed by atoms with E-state index in [-0.39, 0.29) is 11.4 Å². The molecule has 0 radical (unpaired) electrons. The van der Waals surface area contributed by atoms with Gasteiger partial charge in [0, 0.05) is 23.5 Å². The van der Waals surface area contributed by atoms with Crippen LogP contribution in [0.3, 0.4) is 0 Å². The van der Waals surface area contributed by atoms with Crippen LogP contribution in [0.15, 0.2) is 55.0 Å². The van der Waals surface area contributed by atoms with E-state index in [9.17, 15) is 19.8 Å². The fraction of sp³-hybridized carbons (Fsp3) is 0.111. The number of hydrogen-bond donors (Lipinski definition) is 4. The molecule has 9 heteroatoms. The molecule has 0 bridgehead atoms. The second-order valence-corrected chi connectivity index (χ2v) is 5.66. The van der Waals surface area contributed by atoms with Crippen molar-refractivity contribution in [2.75, 3.05) is 6.54 Å². The number of hydrogen-bond acceptors (Lipinski definition) is 6. The van der Waals surface area contributed by atoms with Crippen LogP contribution in [0.2, 0.25) is 0 Å². The van der Waals surface area contributed by atoms with Crippen LogP contribution in [0.4, 0.5) is 0 Å². The van der Waals surface area contributed by atoms with Crippen LogP contribution in [-0.2, 0) is 4.79 Å². The molecule has 0 aliphatic carbocycles. The fourth-order valence-electron chi connectivity index (χ4n) is 2.34. The first-order valence-electron chi connectivity index (χ1n) is 7.94. The Morgan fingerprint density at radius 3 is 2.56 bits per heavy atom. The Bertz CT molecular complexity index is 971. The van der Waals surface area contributed by atoms with Gasteiger partial charge in [-0.1, -0.05) is 18.2 Å². The quantitative estimate of drug-likeness (QED) is 0.505. The van der Waals surface area contributed by atoms with Gasteiger partial charge >= 0.3 is 5.97 Å². The summed E-state index contributed by atoms with van der Waals surface area (Å²) >= 11 is 0. The Balaban J connectivity index is 1.76. The predicted octanol–water partition coefficient (Wildman–Crippen LogP) is 0.815. The highest BCUT2D eigenvalue weighted by Crippen LogP contribution is 2.25. The van der Waals surface area contributed by atoms with Crippen molar-refractivity contribution >= 4 is 11.9 Å². The molecule has 2 aromatic heterocycles. The van der Waals surface area contributed by atoms with Crippen molar-refractivity contribution in [1.29, 1.82) is 0 Å². The average Bonchev–Trinajstić information content (AvgIpc) is 3.16. The third kappa shape index (κ3) is 4.10. The number of carbonyl (C=O) groups is 2. The smallest absolute Gasteiger partial charge is 0.334 e. The van der Waals surface area contributed by atoms with Gasteiger partial charge < -0.3 is 20.6 Å². The summed E-state index contributed by atoms with van der Waals surface area (Å²) in [5, 5.41) is 34.3. The second-order valence-electron chi connectivity index (χ2n) is 5.66. The molecule has 3 aromatic rings. The summed E-state index contributed by atoms with van der Waals surface area (Å²) in [5.41, 5.74) is 1.84. The summed E-state index contributed by atoms with van der Waals surface area (Å²) < 4.78 is 1.67. The molecule has 138 valence electrons. The van der Waals surface area contributed by atoms with E-state index >= 15 is 0 Å². The van der Waals surface area contributed by atoms with Crippen molar-refractivity contribution in [3.05, 3.63) is 60.7 Å². The molecule has 27 heavy (non-hydrogen) atoms. The first-order chi connectivity index (χ1) is 13.0. The zero-order chi connectivity index (χ0) is 19.4. The second kappa shape index (κ2) is 7.67. The number of para-hydroxylation sites is 1. The summed E-state index contributed by atoms with van der Waals surface area (Å²) in [5.74, 6) is -2.63. The standard InChI is InChI=1S/C18H16N4O5/c23-14-6-11(7-19-16(14)17(25)20-9-15(24)18(26)27)12-8-21-22(10-12)13-4-2-1-3-5-13/h1-8,10,15,23-24H,9H2,(H,20,25)(H,26,27)/t15-/m0/s1. The summed E-state index contributed by atoms with van der Waals surface area (Å²) in [6, 6.07) is 10.8. The maximum atomic E-state index is 12.0. The van der Waals surface area contributed by atoms with Crippen LogP contribution in [0, 0.1) is 0 Å². The number of aromatic hydroxyl groups is 1. The number of aliphatic hydroxyl groups excluding tert-OH is 1. The van der Waals surface area contributed by atoms with Gasteiger partial charge in [-0.05, 0) is 18.2 Å². The van der Waals surface area contributed by atoms with Gasteiger partial charge in [-0.2, -0.15) is 5.10 Å². The lowest BCUT2D eigenvalue weighted by Gasteiger charge is -2.09. The fourth-order valence-corrected chi connectivity index (χ4v) is 2.34. The van der Waals surface area contributed by atoms with Gasteiger partial charge in [-0.25, -0.2) is 14.5 Å². The van der Waals surface area contributed by atoms with E-state index in [1.54, 1.807) is 17.1 Å². The Morgan fingerprint density at radius 2 is 1.89 bits per heavy atom. The summed E-state index contributed by atoms with van der Waals surface area (Å²) in [4.78, 5) is 26.5. The predicted molar refractivity (Wildman–Crippen MR) is 94.4 cm³/mol. The maximum absolute atomic E-state index is 12.0. The first-order valence-corrected chi connectivity index (χ1v) is 7.94. The molecule has 0 fully saturated rings. The molecular formula is C18H16N4O5. The number of benzene rings is 1. The number of nitrogens with zero attached hydrogens (tertiary/aromatic N) is 3. The lowest BCUT2D eigenvalue weighted by Crippen LogP contribution is -2.36. The molecule has 0 saturated carbocycles. The van der Waals surface area contributed by atoms with Gasteiger partial charge in [-0.15, -0.1) is 0 Å². The van der Waals surface area contributed by atoms with E-state index in [4.69, 9.17) is 5.11 Å². The van der Waals surface area contributed by atoms with Crippen molar-refractivity contribution in [2.24, 2.45) is 0 Å². The van der Waals surface area contributed by atoms with Crippen LogP contribution in [0.5, 0.6) is 5.75 Å². The third-order valence-corrected chi connectivity index (χ3v) is 3.76. The molecule has 9 nitrogen and oxygen atoms in total. The minimum absolute atomic E-state index is 0.271. The highest BCUT2D eigenvalue weighted by molar-refractivity contribution is 5.95. The van der Waals surface area contributed by atoms with E-state index in [2.05, 4.69) is 15.4 Å². The van der Waals surface area contributed by atoms with Crippen LogP contribution in [-0.4, -0.2) is 54.6 Å². The number of carboxylic acid groups (broad SMARTS) is 1. The summed E-state index contributed by atoms with van der Waals surface area (Å²) in [6.45, 7) is -0.499. The van der Waals surface area contributed by atoms with Gasteiger partial charge in [0.15, 0.2) is 11.8 Å². The normalized spacial score (nSPS) is 11.7. The largest absolute Gasteiger partial charge is 0.505 e. The molecule has 1 amide bonds. The minimum atomic E-state index is -1.74. The number of pyridine rings is 1. The minimum Gasteiger partial charge on any atom is -0.505 e. The summed E-state index contributed by atoms with van der Waals surface area (Å²) in [6.07, 6.45) is 3.02. The number of nitrogens with one attached hydrogen (secondary N) is 1. The summed E-state index contributed by atoms with van der Waals surface area (Å²) in [7, 11) is 0.